The highest BCUT2D eigenvalue weighted by molar-refractivity contribution is 7.80. The fraction of sp³-hybridized carbons (Fsp3) is 0.900. The summed E-state index contributed by atoms with van der Waals surface area (Å²) < 4.78 is 0. The van der Waals surface area contributed by atoms with Gasteiger partial charge in [-0.1, -0.05) is 19.1 Å². The molecule has 0 aliphatic rings. The molecule has 0 atom stereocenters. The van der Waals surface area contributed by atoms with Crippen molar-refractivity contribution in [3.8, 4) is 0 Å². The fourth-order valence-electron chi connectivity index (χ4n) is 1.31. The normalized spacial score (nSPS) is 11.2. The Morgan fingerprint density at radius 2 is 1.86 bits per heavy atom. The Bertz CT molecular complexity index is 159. The number of thiocarbonyl (C=S) groups is 1. The van der Waals surface area contributed by atoms with Crippen molar-refractivity contribution in [3.63, 3.8) is 0 Å². The highest BCUT2D eigenvalue weighted by Gasteiger charge is 2.02. The number of rotatable bonds is 8. The van der Waals surface area contributed by atoms with Gasteiger partial charge in [0.25, 0.3) is 0 Å². The summed E-state index contributed by atoms with van der Waals surface area (Å²) in [5.41, 5.74) is 5.47. The summed E-state index contributed by atoms with van der Waals surface area (Å²) in [7, 11) is 4.20. The van der Waals surface area contributed by atoms with Crippen molar-refractivity contribution < 1.29 is 0 Å². The third-order valence-corrected chi connectivity index (χ3v) is 2.41. The Morgan fingerprint density at radius 1 is 1.21 bits per heavy atom. The van der Waals surface area contributed by atoms with Crippen LogP contribution in [-0.2, 0) is 0 Å². The van der Waals surface area contributed by atoms with Crippen LogP contribution < -0.4 is 5.73 Å². The zero-order valence-electron chi connectivity index (χ0n) is 9.62. The average Bonchev–Trinajstić information content (AvgIpc) is 2.10. The average molecular weight is 217 g/mol. The first kappa shape index (κ1) is 13.8. The molecule has 84 valence electrons. The first-order chi connectivity index (χ1) is 6.56. The number of hydrogen-bond acceptors (Lipinski definition) is 3. The number of hydrogen-bond donors (Lipinski definition) is 1. The van der Waals surface area contributed by atoms with Gasteiger partial charge in [-0.2, -0.15) is 0 Å². The Balaban J connectivity index is 3.52. The third kappa shape index (κ3) is 8.41. The predicted octanol–water partition coefficient (Wildman–Crippen LogP) is 0.936. The van der Waals surface area contributed by atoms with E-state index in [4.69, 9.17) is 18.0 Å². The smallest absolute Gasteiger partial charge is 0.0740 e. The summed E-state index contributed by atoms with van der Waals surface area (Å²) in [5.74, 6) is 0. The van der Waals surface area contributed by atoms with Gasteiger partial charge in [-0.3, -0.25) is 0 Å². The van der Waals surface area contributed by atoms with Crippen molar-refractivity contribution in [2.45, 2.75) is 19.8 Å². The van der Waals surface area contributed by atoms with E-state index in [0.29, 0.717) is 4.99 Å². The summed E-state index contributed by atoms with van der Waals surface area (Å²) >= 11 is 4.86. The summed E-state index contributed by atoms with van der Waals surface area (Å²) in [6.45, 7) is 6.53. The molecule has 0 spiro atoms. The second-order valence-corrected chi connectivity index (χ2v) is 4.33. The molecule has 4 heteroatoms. The van der Waals surface area contributed by atoms with Crippen LogP contribution in [-0.4, -0.2) is 55.1 Å². The molecule has 0 amide bonds. The van der Waals surface area contributed by atoms with Gasteiger partial charge >= 0.3 is 0 Å². The van der Waals surface area contributed by atoms with Crippen LogP contribution in [0.25, 0.3) is 0 Å². The monoisotopic (exact) mass is 217 g/mol. The van der Waals surface area contributed by atoms with Crippen LogP contribution >= 0.6 is 12.2 Å². The van der Waals surface area contributed by atoms with Gasteiger partial charge in [-0.05, 0) is 40.2 Å². The van der Waals surface area contributed by atoms with E-state index in [1.54, 1.807) is 0 Å². The third-order valence-electron chi connectivity index (χ3n) is 2.20. The molecule has 3 nitrogen and oxygen atoms in total. The molecule has 0 saturated heterocycles. The van der Waals surface area contributed by atoms with E-state index in [-0.39, 0.29) is 0 Å². The largest absolute Gasteiger partial charge is 0.393 e. The lowest BCUT2D eigenvalue weighted by atomic mass is 10.3. The maximum Gasteiger partial charge on any atom is 0.0740 e. The molecular weight excluding hydrogens is 194 g/mol. The second kappa shape index (κ2) is 8.15. The summed E-state index contributed by atoms with van der Waals surface area (Å²) in [6, 6.07) is 0. The second-order valence-electron chi connectivity index (χ2n) is 3.81. The van der Waals surface area contributed by atoms with Gasteiger partial charge in [0.2, 0.25) is 0 Å². The van der Waals surface area contributed by atoms with Crippen LogP contribution in [0.4, 0.5) is 0 Å². The van der Waals surface area contributed by atoms with Crippen molar-refractivity contribution in [1.29, 1.82) is 0 Å². The van der Waals surface area contributed by atoms with Crippen LogP contribution in [0.1, 0.15) is 19.8 Å². The SMILES string of the molecule is CCN(CCCN(C)C)CCC(N)=S. The zero-order valence-corrected chi connectivity index (χ0v) is 10.4. The van der Waals surface area contributed by atoms with Gasteiger partial charge in [0.05, 0.1) is 4.99 Å². The van der Waals surface area contributed by atoms with Gasteiger partial charge in [0.1, 0.15) is 0 Å². The Labute approximate surface area is 93.2 Å². The van der Waals surface area contributed by atoms with E-state index < -0.39 is 0 Å². The maximum absolute atomic E-state index is 5.47. The molecule has 0 heterocycles. The summed E-state index contributed by atoms with van der Waals surface area (Å²) in [4.78, 5) is 5.22. The fourth-order valence-corrected chi connectivity index (χ4v) is 1.40. The molecule has 0 saturated carbocycles. The van der Waals surface area contributed by atoms with E-state index in [9.17, 15) is 0 Å². The molecule has 0 aromatic heterocycles. The van der Waals surface area contributed by atoms with Crippen molar-refractivity contribution in [2.24, 2.45) is 5.73 Å². The Morgan fingerprint density at radius 3 is 2.29 bits per heavy atom. The van der Waals surface area contributed by atoms with Gasteiger partial charge < -0.3 is 15.5 Å². The molecule has 0 aromatic carbocycles. The van der Waals surface area contributed by atoms with Gasteiger partial charge in [-0.15, -0.1) is 0 Å². The molecule has 0 unspecified atom stereocenters. The number of nitrogens with zero attached hydrogens (tertiary/aromatic N) is 2. The number of nitrogens with two attached hydrogens (primary N) is 1. The summed E-state index contributed by atoms with van der Waals surface area (Å²) in [6.07, 6.45) is 2.04. The van der Waals surface area contributed by atoms with E-state index in [1.165, 1.54) is 6.42 Å². The van der Waals surface area contributed by atoms with Gasteiger partial charge in [0.15, 0.2) is 0 Å². The van der Waals surface area contributed by atoms with Gasteiger partial charge in [-0.25, -0.2) is 0 Å². The lowest BCUT2D eigenvalue weighted by Gasteiger charge is -2.20. The van der Waals surface area contributed by atoms with E-state index in [2.05, 4.69) is 30.8 Å². The highest BCUT2D eigenvalue weighted by Crippen LogP contribution is 1.95. The highest BCUT2D eigenvalue weighted by atomic mass is 32.1. The van der Waals surface area contributed by atoms with E-state index in [1.807, 2.05) is 0 Å². The molecular formula is C10H23N3S. The molecule has 2 N–H and O–H groups in total. The molecule has 14 heavy (non-hydrogen) atoms. The predicted molar refractivity (Wildman–Crippen MR) is 66.7 cm³/mol. The van der Waals surface area contributed by atoms with Gasteiger partial charge in [0, 0.05) is 13.0 Å². The van der Waals surface area contributed by atoms with E-state index >= 15 is 0 Å². The zero-order chi connectivity index (χ0) is 11.0. The molecule has 0 aliphatic carbocycles. The minimum atomic E-state index is 0.621. The molecule has 0 aromatic rings. The Hall–Kier alpha value is -0.190. The molecule has 0 aliphatic heterocycles. The molecule has 0 fully saturated rings. The topological polar surface area (TPSA) is 32.5 Å². The lowest BCUT2D eigenvalue weighted by Crippen LogP contribution is -2.30. The molecule has 0 bridgehead atoms. The van der Waals surface area contributed by atoms with Crippen LogP contribution in [0.5, 0.6) is 0 Å². The minimum Gasteiger partial charge on any atom is -0.393 e. The maximum atomic E-state index is 5.47. The van der Waals surface area contributed by atoms with Crippen molar-refractivity contribution in [2.75, 3.05) is 40.3 Å². The lowest BCUT2D eigenvalue weighted by molar-refractivity contribution is 0.273. The summed E-state index contributed by atoms with van der Waals surface area (Å²) in [5, 5.41) is 0. The van der Waals surface area contributed by atoms with Crippen molar-refractivity contribution >= 4 is 17.2 Å². The van der Waals surface area contributed by atoms with Crippen LogP contribution in [0.3, 0.4) is 0 Å². The minimum absolute atomic E-state index is 0.621. The van der Waals surface area contributed by atoms with Crippen molar-refractivity contribution in [1.82, 2.24) is 9.80 Å². The van der Waals surface area contributed by atoms with Crippen molar-refractivity contribution in [3.05, 3.63) is 0 Å². The van der Waals surface area contributed by atoms with Crippen LogP contribution in [0.15, 0.2) is 0 Å². The Kier molecular flexibility index (Phi) is 8.04. The van der Waals surface area contributed by atoms with Crippen LogP contribution in [0, 0.1) is 0 Å². The van der Waals surface area contributed by atoms with Crippen LogP contribution in [0.2, 0.25) is 0 Å². The first-order valence-electron chi connectivity index (χ1n) is 5.21. The molecule has 0 rings (SSSR count). The first-order valence-corrected chi connectivity index (χ1v) is 5.62. The quantitative estimate of drug-likeness (QED) is 0.613. The molecule has 0 radical (unpaired) electrons. The standard InChI is InChI=1S/C10H23N3S/c1-4-13(9-6-10(11)14)8-5-7-12(2)3/h4-9H2,1-3H3,(H2,11,14). The van der Waals surface area contributed by atoms with E-state index in [0.717, 1.165) is 32.6 Å².